The molecular weight excluding hydrogens is 725 g/mol. The zero-order valence-electron chi connectivity index (χ0n) is 31.5. The van der Waals surface area contributed by atoms with Gasteiger partial charge >= 0.3 is 12.1 Å². The maximum Gasteiger partial charge on any atom is 0.408 e. The molecule has 4 N–H and O–H groups in total. The number of benzene rings is 1. The van der Waals surface area contributed by atoms with Gasteiger partial charge in [0, 0.05) is 41.3 Å². The largest absolute Gasteiger partial charge is 0.497 e. The molecule has 15 heteroatoms. The van der Waals surface area contributed by atoms with Crippen molar-refractivity contribution in [3.63, 3.8) is 0 Å². The summed E-state index contributed by atoms with van der Waals surface area (Å²) >= 11 is 1.47. The van der Waals surface area contributed by atoms with Crippen LogP contribution in [0.2, 0.25) is 0 Å². The smallest absolute Gasteiger partial charge is 0.408 e. The molecule has 14 nitrogen and oxygen atoms in total. The average Bonchev–Trinajstić information content (AvgIpc) is 3.58. The predicted molar refractivity (Wildman–Crippen MR) is 207 cm³/mol. The molecule has 3 amide bonds. The molecular formula is C40H50N6O8S. The van der Waals surface area contributed by atoms with E-state index in [9.17, 15) is 24.3 Å². The van der Waals surface area contributed by atoms with Crippen molar-refractivity contribution >= 4 is 51.2 Å². The SMILES string of the molecule is COc1ccc2c(O[C@@H]3C[C@H]4C(=O)N[C@]5(C(=O)O)CC5/C=C\CCCCC[C@H](NC(=O)OC5CCCC5)C(=O)N4C3)cc(-c3csc(NC(C)C)n3)nc2c1. The molecule has 3 aromatic rings. The first-order chi connectivity index (χ1) is 26.5. The number of pyridine rings is 1. The summed E-state index contributed by atoms with van der Waals surface area (Å²) in [5.41, 5.74) is 0.394. The third-order valence-electron chi connectivity index (χ3n) is 10.9. The zero-order valence-corrected chi connectivity index (χ0v) is 32.4. The number of methoxy groups -OCH3 is 1. The number of aliphatic carboxylic acids is 1. The molecule has 2 aliphatic heterocycles. The first-order valence-electron chi connectivity index (χ1n) is 19.4. The van der Waals surface area contributed by atoms with E-state index in [1.807, 2.05) is 55.6 Å². The van der Waals surface area contributed by atoms with Gasteiger partial charge in [-0.2, -0.15) is 0 Å². The van der Waals surface area contributed by atoms with Crippen molar-refractivity contribution < 1.29 is 38.5 Å². The molecule has 5 atom stereocenters. The number of hydrogen-bond donors (Lipinski definition) is 4. The molecule has 0 spiro atoms. The molecule has 1 aromatic carbocycles. The Hall–Kier alpha value is -4.92. The summed E-state index contributed by atoms with van der Waals surface area (Å²) in [5.74, 6) is -1.37. The molecule has 2 aliphatic carbocycles. The van der Waals surface area contributed by atoms with E-state index in [-0.39, 0.29) is 37.5 Å². The summed E-state index contributed by atoms with van der Waals surface area (Å²) in [6.07, 6.45) is 9.71. The number of hydrogen-bond acceptors (Lipinski definition) is 11. The number of anilines is 1. The number of rotatable bonds is 9. The molecule has 0 bridgehead atoms. The Bertz CT molecular complexity index is 1940. The van der Waals surface area contributed by atoms with Crippen molar-refractivity contribution in [1.29, 1.82) is 0 Å². The second kappa shape index (κ2) is 16.4. The third-order valence-corrected chi connectivity index (χ3v) is 11.7. The van der Waals surface area contributed by atoms with E-state index in [4.69, 9.17) is 24.2 Å². The molecule has 2 saturated carbocycles. The van der Waals surface area contributed by atoms with Crippen molar-refractivity contribution in [3.05, 3.63) is 41.8 Å². The molecule has 0 radical (unpaired) electrons. The number of carboxylic acids is 1. The lowest BCUT2D eigenvalue weighted by atomic mass is 10.0. The number of thiazole rings is 1. The minimum absolute atomic E-state index is 0.0324. The fourth-order valence-electron chi connectivity index (χ4n) is 7.90. The summed E-state index contributed by atoms with van der Waals surface area (Å²) in [6, 6.07) is 5.50. The van der Waals surface area contributed by atoms with Crippen molar-refractivity contribution in [2.75, 3.05) is 19.0 Å². The van der Waals surface area contributed by atoms with E-state index in [0.29, 0.717) is 46.6 Å². The molecule has 1 saturated heterocycles. The van der Waals surface area contributed by atoms with E-state index in [1.165, 1.54) is 16.2 Å². The number of ether oxygens (including phenoxy) is 3. The van der Waals surface area contributed by atoms with E-state index in [1.54, 1.807) is 7.11 Å². The highest BCUT2D eigenvalue weighted by molar-refractivity contribution is 7.14. The van der Waals surface area contributed by atoms with Crippen LogP contribution in [0, 0.1) is 5.92 Å². The summed E-state index contributed by atoms with van der Waals surface area (Å²) in [7, 11) is 1.58. The Morgan fingerprint density at radius 1 is 1.04 bits per heavy atom. The van der Waals surface area contributed by atoms with Gasteiger partial charge in [0.1, 0.15) is 47.0 Å². The Morgan fingerprint density at radius 2 is 1.84 bits per heavy atom. The van der Waals surface area contributed by atoms with Crippen molar-refractivity contribution in [2.45, 2.75) is 120 Å². The molecule has 4 aliphatic rings. The Labute approximate surface area is 324 Å². The highest BCUT2D eigenvalue weighted by atomic mass is 32.1. The second-order valence-electron chi connectivity index (χ2n) is 15.4. The van der Waals surface area contributed by atoms with Crippen LogP contribution in [-0.2, 0) is 19.1 Å². The van der Waals surface area contributed by atoms with E-state index >= 15 is 0 Å². The summed E-state index contributed by atoms with van der Waals surface area (Å²) in [6.45, 7) is 4.11. The molecule has 3 fully saturated rings. The van der Waals surface area contributed by atoms with E-state index < -0.39 is 47.6 Å². The minimum atomic E-state index is -1.45. The number of carbonyl (C=O) groups excluding carboxylic acids is 3. The number of amides is 3. The fraction of sp³-hybridized carbons (Fsp3) is 0.550. The number of aromatic nitrogens is 2. The van der Waals surface area contributed by atoms with Crippen LogP contribution in [0.15, 0.2) is 41.8 Å². The van der Waals surface area contributed by atoms with Crippen LogP contribution in [0.1, 0.15) is 84.5 Å². The number of fused-ring (bicyclic) bond motifs is 3. The highest BCUT2D eigenvalue weighted by Crippen LogP contribution is 2.45. The van der Waals surface area contributed by atoms with Gasteiger partial charge in [0.05, 0.1) is 24.9 Å². The van der Waals surface area contributed by atoms with E-state index in [0.717, 1.165) is 50.1 Å². The van der Waals surface area contributed by atoms with Crippen LogP contribution in [0.4, 0.5) is 9.93 Å². The van der Waals surface area contributed by atoms with Gasteiger partial charge in [0.15, 0.2) is 5.13 Å². The van der Waals surface area contributed by atoms with Gasteiger partial charge in [-0.25, -0.2) is 19.6 Å². The van der Waals surface area contributed by atoms with Gasteiger partial charge in [0.25, 0.3) is 0 Å². The van der Waals surface area contributed by atoms with Crippen LogP contribution in [0.5, 0.6) is 11.5 Å². The molecule has 1 unspecified atom stereocenters. The van der Waals surface area contributed by atoms with Crippen molar-refractivity contribution in [2.24, 2.45) is 5.92 Å². The van der Waals surface area contributed by atoms with Gasteiger partial charge in [0.2, 0.25) is 11.8 Å². The minimum Gasteiger partial charge on any atom is -0.497 e. The standard InChI is InChI=1S/C40H50N6O8S/c1-23(2)41-38-43-32(22-55-38)31-19-34(28-16-15-26(52-3)17-30(28)42-31)53-27-18-33-35(47)45-40(37(49)50)20-24(40)11-7-5-4-6-8-14-29(36(48)46(33)21-27)44-39(51)54-25-12-9-10-13-25/h7,11,15-17,19,22-25,27,29,33H,4-6,8-10,12-14,18,20-21H2,1-3H3,(H,41,43)(H,44,51)(H,45,47)(H,49,50)/b11-7-/t24?,27-,29+,33+,40-/m1/s1. The summed E-state index contributed by atoms with van der Waals surface area (Å²) in [4.78, 5) is 65.5. The zero-order chi connectivity index (χ0) is 38.7. The lowest BCUT2D eigenvalue weighted by Crippen LogP contribution is -2.56. The molecule has 294 valence electrons. The Balaban J connectivity index is 1.20. The van der Waals surface area contributed by atoms with Crippen LogP contribution in [0.3, 0.4) is 0 Å². The molecule has 4 heterocycles. The lowest BCUT2D eigenvalue weighted by Gasteiger charge is -2.29. The quantitative estimate of drug-likeness (QED) is 0.186. The Kier molecular flexibility index (Phi) is 11.5. The number of nitrogens with zero attached hydrogens (tertiary/aromatic N) is 3. The van der Waals surface area contributed by atoms with Crippen LogP contribution >= 0.6 is 11.3 Å². The number of nitrogens with one attached hydrogen (secondary N) is 3. The predicted octanol–water partition coefficient (Wildman–Crippen LogP) is 6.05. The van der Waals surface area contributed by atoms with Crippen LogP contribution in [-0.4, -0.2) is 93.4 Å². The van der Waals surface area contributed by atoms with Crippen LogP contribution < -0.4 is 25.4 Å². The fourth-order valence-corrected chi connectivity index (χ4v) is 8.75. The third kappa shape index (κ3) is 8.66. The van der Waals surface area contributed by atoms with Crippen molar-refractivity contribution in [1.82, 2.24) is 25.5 Å². The van der Waals surface area contributed by atoms with Gasteiger partial charge < -0.3 is 40.2 Å². The maximum absolute atomic E-state index is 14.5. The highest BCUT2D eigenvalue weighted by Gasteiger charge is 2.61. The number of alkyl carbamates (subject to hydrolysis) is 1. The number of carbonyl (C=O) groups is 4. The molecule has 55 heavy (non-hydrogen) atoms. The normalized spacial score (nSPS) is 26.7. The first kappa shape index (κ1) is 38.4. The Morgan fingerprint density at radius 3 is 2.60 bits per heavy atom. The number of allylic oxidation sites excluding steroid dienone is 1. The van der Waals surface area contributed by atoms with E-state index in [2.05, 4.69) is 16.0 Å². The average molecular weight is 775 g/mol. The van der Waals surface area contributed by atoms with Gasteiger partial charge in [-0.1, -0.05) is 25.0 Å². The van der Waals surface area contributed by atoms with Crippen molar-refractivity contribution in [3.8, 4) is 22.9 Å². The van der Waals surface area contributed by atoms with Gasteiger partial charge in [-0.3, -0.25) is 9.59 Å². The van der Waals surface area contributed by atoms with Gasteiger partial charge in [-0.05, 0) is 77.3 Å². The molecule has 2 aromatic heterocycles. The summed E-state index contributed by atoms with van der Waals surface area (Å²) < 4.78 is 17.9. The summed E-state index contributed by atoms with van der Waals surface area (Å²) in [5, 5.41) is 22.6. The van der Waals surface area contributed by atoms with Crippen LogP contribution in [0.25, 0.3) is 22.3 Å². The molecule has 7 rings (SSSR count). The second-order valence-corrected chi connectivity index (χ2v) is 16.2. The topological polar surface area (TPSA) is 181 Å². The van der Waals surface area contributed by atoms with Gasteiger partial charge in [-0.15, -0.1) is 11.3 Å². The number of carboxylic acid groups (broad SMARTS) is 1. The monoisotopic (exact) mass is 774 g/mol. The first-order valence-corrected chi connectivity index (χ1v) is 20.3. The lowest BCUT2D eigenvalue weighted by molar-refractivity contribution is -0.145. The maximum atomic E-state index is 14.5.